The summed E-state index contributed by atoms with van der Waals surface area (Å²) in [6, 6.07) is 7.22. The summed E-state index contributed by atoms with van der Waals surface area (Å²) >= 11 is 0. The van der Waals surface area contributed by atoms with Crippen LogP contribution in [0.5, 0.6) is 0 Å². The summed E-state index contributed by atoms with van der Waals surface area (Å²) in [6.07, 6.45) is 2.73. The van der Waals surface area contributed by atoms with E-state index in [2.05, 4.69) is 0 Å². The topological polar surface area (TPSA) is 46.6 Å². The minimum absolute atomic E-state index is 0.176. The number of carbonyl (C=O) groups is 2. The van der Waals surface area contributed by atoms with Gasteiger partial charge in [0.1, 0.15) is 0 Å². The van der Waals surface area contributed by atoms with Crippen LogP contribution in [0, 0.1) is 0 Å². The summed E-state index contributed by atoms with van der Waals surface area (Å²) in [5.74, 6) is -0.600. The molecule has 1 aliphatic rings. The van der Waals surface area contributed by atoms with Gasteiger partial charge in [0.2, 0.25) is 0 Å². The fourth-order valence-electron chi connectivity index (χ4n) is 1.66. The molecule has 0 unspecified atom stereocenters. The minimum Gasteiger partial charge on any atom is -0.374 e. The second-order valence-corrected chi connectivity index (χ2v) is 4.37. The molecule has 0 saturated carbocycles. The van der Waals surface area contributed by atoms with Crippen molar-refractivity contribution in [1.29, 1.82) is 0 Å². The Balaban J connectivity index is 2.08. The van der Waals surface area contributed by atoms with E-state index in [1.54, 1.807) is 12.1 Å². The average Bonchev–Trinajstić information content (AvgIpc) is 2.67. The molecule has 4 nitrogen and oxygen atoms in total. The van der Waals surface area contributed by atoms with Gasteiger partial charge in [-0.05, 0) is 31.5 Å². The number of rotatable bonds is 4. The molecule has 2 rings (SSSR count). The van der Waals surface area contributed by atoms with Crippen molar-refractivity contribution in [1.82, 2.24) is 0 Å². The summed E-state index contributed by atoms with van der Waals surface area (Å²) < 4.78 is 5.48. The van der Waals surface area contributed by atoms with Crippen LogP contribution in [0.15, 0.2) is 36.4 Å². The average molecular weight is 245 g/mol. The lowest BCUT2D eigenvalue weighted by atomic mass is 10.2. The molecule has 1 aromatic rings. The van der Waals surface area contributed by atoms with Crippen molar-refractivity contribution in [3.63, 3.8) is 0 Å². The van der Waals surface area contributed by atoms with Crippen molar-refractivity contribution in [2.24, 2.45) is 0 Å². The van der Waals surface area contributed by atoms with E-state index in [0.29, 0.717) is 12.3 Å². The van der Waals surface area contributed by atoms with E-state index in [-0.39, 0.29) is 17.9 Å². The first-order valence-corrected chi connectivity index (χ1v) is 5.84. The van der Waals surface area contributed by atoms with E-state index in [0.717, 1.165) is 10.5 Å². The number of anilines is 1. The molecule has 0 spiro atoms. The van der Waals surface area contributed by atoms with Crippen molar-refractivity contribution >= 4 is 17.5 Å². The smallest absolute Gasteiger partial charge is 0.258 e. The largest absolute Gasteiger partial charge is 0.374 e. The number of benzene rings is 1. The predicted octanol–water partition coefficient (Wildman–Crippen LogP) is 2.04. The van der Waals surface area contributed by atoms with Crippen LogP contribution in [-0.2, 0) is 20.9 Å². The zero-order valence-electron chi connectivity index (χ0n) is 10.4. The maximum Gasteiger partial charge on any atom is 0.258 e. The molecule has 2 amide bonds. The number of hydrogen-bond acceptors (Lipinski definition) is 3. The maximum atomic E-state index is 11.5. The van der Waals surface area contributed by atoms with Gasteiger partial charge in [0.15, 0.2) is 0 Å². The standard InChI is InChI=1S/C14H15NO3/c1-10(2)18-9-11-3-5-12(6-4-11)15-13(16)7-8-14(15)17/h3-8,10H,9H2,1-2H3. The number of amides is 2. The Bertz CT molecular complexity index is 470. The Morgan fingerprint density at radius 1 is 1.06 bits per heavy atom. The Kier molecular flexibility index (Phi) is 3.58. The Hall–Kier alpha value is -1.94. The SMILES string of the molecule is CC(C)OCc1ccc(N2C(=O)C=CC2=O)cc1. The predicted molar refractivity (Wildman–Crippen MR) is 68.0 cm³/mol. The fraction of sp³-hybridized carbons (Fsp3) is 0.286. The lowest BCUT2D eigenvalue weighted by Gasteiger charge is -2.14. The van der Waals surface area contributed by atoms with Crippen molar-refractivity contribution in [2.75, 3.05) is 4.90 Å². The first-order valence-electron chi connectivity index (χ1n) is 5.84. The summed E-state index contributed by atoms with van der Waals surface area (Å²) in [5.41, 5.74) is 1.60. The van der Waals surface area contributed by atoms with E-state index in [1.165, 1.54) is 12.2 Å². The molecule has 18 heavy (non-hydrogen) atoms. The lowest BCUT2D eigenvalue weighted by Crippen LogP contribution is -2.29. The highest BCUT2D eigenvalue weighted by Gasteiger charge is 2.24. The zero-order valence-corrected chi connectivity index (χ0v) is 10.4. The molecule has 1 heterocycles. The number of imide groups is 1. The highest BCUT2D eigenvalue weighted by molar-refractivity contribution is 6.28. The second-order valence-electron chi connectivity index (χ2n) is 4.37. The molecule has 1 aromatic carbocycles. The van der Waals surface area contributed by atoms with Crippen LogP contribution >= 0.6 is 0 Å². The number of ether oxygens (including phenoxy) is 1. The molecule has 0 N–H and O–H groups in total. The van der Waals surface area contributed by atoms with Crippen LogP contribution in [0.25, 0.3) is 0 Å². The highest BCUT2D eigenvalue weighted by Crippen LogP contribution is 2.19. The van der Waals surface area contributed by atoms with Gasteiger partial charge in [0.05, 0.1) is 18.4 Å². The third-order valence-corrected chi connectivity index (χ3v) is 2.59. The van der Waals surface area contributed by atoms with Gasteiger partial charge in [0, 0.05) is 12.2 Å². The van der Waals surface area contributed by atoms with E-state index >= 15 is 0 Å². The van der Waals surface area contributed by atoms with Gasteiger partial charge in [-0.2, -0.15) is 0 Å². The molecule has 0 saturated heterocycles. The van der Waals surface area contributed by atoms with E-state index < -0.39 is 0 Å². The van der Waals surface area contributed by atoms with E-state index in [1.807, 2.05) is 26.0 Å². The fourth-order valence-corrected chi connectivity index (χ4v) is 1.66. The minimum atomic E-state index is -0.300. The summed E-state index contributed by atoms with van der Waals surface area (Å²) in [5, 5.41) is 0. The molecule has 0 atom stereocenters. The highest BCUT2D eigenvalue weighted by atomic mass is 16.5. The van der Waals surface area contributed by atoms with Gasteiger partial charge in [0.25, 0.3) is 11.8 Å². The van der Waals surface area contributed by atoms with Gasteiger partial charge in [-0.25, -0.2) is 4.90 Å². The molecule has 0 bridgehead atoms. The van der Waals surface area contributed by atoms with Crippen LogP contribution in [-0.4, -0.2) is 17.9 Å². The molecule has 4 heteroatoms. The molecule has 0 aliphatic carbocycles. The van der Waals surface area contributed by atoms with Crippen LogP contribution in [0.3, 0.4) is 0 Å². The monoisotopic (exact) mass is 245 g/mol. The molecule has 0 fully saturated rings. The summed E-state index contributed by atoms with van der Waals surface area (Å²) in [6.45, 7) is 4.47. The van der Waals surface area contributed by atoms with Crippen LogP contribution in [0.2, 0.25) is 0 Å². The van der Waals surface area contributed by atoms with E-state index in [4.69, 9.17) is 4.74 Å². The molecule has 0 aromatic heterocycles. The molecule has 1 aliphatic heterocycles. The third kappa shape index (κ3) is 2.65. The first-order chi connectivity index (χ1) is 8.58. The second kappa shape index (κ2) is 5.14. The Morgan fingerprint density at radius 3 is 2.11 bits per heavy atom. The van der Waals surface area contributed by atoms with Gasteiger partial charge in [-0.15, -0.1) is 0 Å². The van der Waals surface area contributed by atoms with Crippen LogP contribution in [0.1, 0.15) is 19.4 Å². The summed E-state index contributed by atoms with van der Waals surface area (Å²) in [7, 11) is 0. The van der Waals surface area contributed by atoms with Gasteiger partial charge < -0.3 is 4.74 Å². The maximum absolute atomic E-state index is 11.5. The van der Waals surface area contributed by atoms with Crippen molar-refractivity contribution in [3.8, 4) is 0 Å². The van der Waals surface area contributed by atoms with Crippen molar-refractivity contribution in [3.05, 3.63) is 42.0 Å². The van der Waals surface area contributed by atoms with Gasteiger partial charge in [-0.3, -0.25) is 9.59 Å². The summed E-state index contributed by atoms with van der Waals surface area (Å²) in [4.78, 5) is 24.1. The van der Waals surface area contributed by atoms with Gasteiger partial charge >= 0.3 is 0 Å². The quantitative estimate of drug-likeness (QED) is 0.763. The van der Waals surface area contributed by atoms with Crippen LogP contribution in [0.4, 0.5) is 5.69 Å². The third-order valence-electron chi connectivity index (χ3n) is 2.59. The molecular weight excluding hydrogens is 230 g/mol. The molecule has 0 radical (unpaired) electrons. The number of nitrogens with zero attached hydrogens (tertiary/aromatic N) is 1. The molecular formula is C14H15NO3. The Morgan fingerprint density at radius 2 is 1.61 bits per heavy atom. The number of carbonyl (C=O) groups excluding carboxylic acids is 2. The lowest BCUT2D eigenvalue weighted by molar-refractivity contribution is -0.119. The molecule has 94 valence electrons. The van der Waals surface area contributed by atoms with Crippen LogP contribution < -0.4 is 4.90 Å². The normalized spacial score (nSPS) is 14.9. The van der Waals surface area contributed by atoms with Crippen molar-refractivity contribution < 1.29 is 14.3 Å². The number of hydrogen-bond donors (Lipinski definition) is 0. The zero-order chi connectivity index (χ0) is 13.1. The van der Waals surface area contributed by atoms with E-state index in [9.17, 15) is 9.59 Å². The Labute approximate surface area is 106 Å². The first kappa shape index (κ1) is 12.5. The van der Waals surface area contributed by atoms with Crippen molar-refractivity contribution in [2.45, 2.75) is 26.6 Å². The van der Waals surface area contributed by atoms with Gasteiger partial charge in [-0.1, -0.05) is 12.1 Å².